The molecule has 14 heavy (non-hydrogen) atoms. The zero-order chi connectivity index (χ0) is 9.97. The largest absolute Gasteiger partial charge is 0.147 e. The second-order valence-electron chi connectivity index (χ2n) is 2.99. The van der Waals surface area contributed by atoms with Crippen molar-refractivity contribution in [2.75, 3.05) is 0 Å². The molecule has 1 aromatic heterocycles. The van der Waals surface area contributed by atoms with Crippen LogP contribution in [0.1, 0.15) is 10.4 Å². The third-order valence-electron chi connectivity index (χ3n) is 1.97. The minimum atomic E-state index is 0.791. The van der Waals surface area contributed by atoms with E-state index in [1.807, 2.05) is 12.1 Å². The van der Waals surface area contributed by atoms with Crippen molar-refractivity contribution in [3.63, 3.8) is 0 Å². The van der Waals surface area contributed by atoms with E-state index in [0.29, 0.717) is 0 Å². The molecule has 3 heteroatoms. The van der Waals surface area contributed by atoms with Crippen LogP contribution in [0.2, 0.25) is 5.02 Å². The Morgan fingerprint density at radius 2 is 1.86 bits per heavy atom. The van der Waals surface area contributed by atoms with Crippen molar-refractivity contribution in [2.45, 2.75) is 6.42 Å². The van der Waals surface area contributed by atoms with Crippen molar-refractivity contribution in [1.29, 1.82) is 0 Å². The van der Waals surface area contributed by atoms with Crippen LogP contribution in [0.4, 0.5) is 0 Å². The van der Waals surface area contributed by atoms with E-state index in [4.69, 9.17) is 11.6 Å². The van der Waals surface area contributed by atoms with Gasteiger partial charge in [-0.3, -0.25) is 0 Å². The van der Waals surface area contributed by atoms with Crippen molar-refractivity contribution < 1.29 is 0 Å². The first kappa shape index (κ1) is 10.2. The molecule has 0 N–H and O–H groups in total. The summed E-state index contributed by atoms with van der Waals surface area (Å²) in [6, 6.07) is 10.1. The summed E-state index contributed by atoms with van der Waals surface area (Å²) in [5.41, 5.74) is 1.29. The van der Waals surface area contributed by atoms with Crippen LogP contribution in [0.25, 0.3) is 0 Å². The molecule has 1 heterocycles. The fourth-order valence-corrected chi connectivity index (χ4v) is 2.89. The van der Waals surface area contributed by atoms with Crippen LogP contribution in [0.3, 0.4) is 0 Å². The van der Waals surface area contributed by atoms with Gasteiger partial charge in [0.1, 0.15) is 0 Å². The maximum Gasteiger partial charge on any atom is 0.0406 e. The minimum Gasteiger partial charge on any atom is -0.147 e. The van der Waals surface area contributed by atoms with Crippen molar-refractivity contribution >= 4 is 38.9 Å². The molecule has 0 aliphatic carbocycles. The number of hydrogen-bond acceptors (Lipinski definition) is 1. The molecule has 1 aromatic carbocycles. The lowest BCUT2D eigenvalue weighted by atomic mass is 10.1. The molecule has 72 valence electrons. The van der Waals surface area contributed by atoms with E-state index >= 15 is 0 Å². The molecule has 2 aromatic rings. The smallest absolute Gasteiger partial charge is 0.0406 e. The van der Waals surface area contributed by atoms with Crippen molar-refractivity contribution in [2.24, 2.45) is 0 Å². The monoisotopic (exact) mass is 286 g/mol. The standard InChI is InChI=1S/C11H8BrClS/c12-10-5-6-14-11(10)7-8-1-3-9(13)4-2-8/h1-6H,7H2. The zero-order valence-electron chi connectivity index (χ0n) is 7.34. The van der Waals surface area contributed by atoms with E-state index in [0.717, 1.165) is 11.4 Å². The topological polar surface area (TPSA) is 0 Å². The minimum absolute atomic E-state index is 0.791. The number of rotatable bonds is 2. The number of hydrogen-bond donors (Lipinski definition) is 0. The molecule has 0 atom stereocenters. The van der Waals surface area contributed by atoms with Crippen molar-refractivity contribution in [3.05, 3.63) is 55.6 Å². The molecule has 0 unspecified atom stereocenters. The Morgan fingerprint density at radius 3 is 2.43 bits per heavy atom. The summed E-state index contributed by atoms with van der Waals surface area (Å²) in [5.74, 6) is 0. The van der Waals surface area contributed by atoms with Crippen LogP contribution < -0.4 is 0 Å². The van der Waals surface area contributed by atoms with E-state index in [1.165, 1.54) is 14.9 Å². The first-order valence-electron chi connectivity index (χ1n) is 4.22. The Morgan fingerprint density at radius 1 is 1.14 bits per heavy atom. The Hall–Kier alpha value is -0.310. The maximum atomic E-state index is 5.82. The second kappa shape index (κ2) is 4.47. The van der Waals surface area contributed by atoms with Crippen molar-refractivity contribution in [3.8, 4) is 0 Å². The first-order valence-corrected chi connectivity index (χ1v) is 6.27. The highest BCUT2D eigenvalue weighted by molar-refractivity contribution is 9.10. The summed E-state index contributed by atoms with van der Waals surface area (Å²) >= 11 is 11.1. The molecule has 0 aliphatic heterocycles. The van der Waals surface area contributed by atoms with Crippen LogP contribution in [-0.2, 0) is 6.42 Å². The van der Waals surface area contributed by atoms with Gasteiger partial charge in [-0.25, -0.2) is 0 Å². The molecule has 2 rings (SSSR count). The molecule has 0 saturated carbocycles. The molecular weight excluding hydrogens is 280 g/mol. The SMILES string of the molecule is Clc1ccc(Cc2sccc2Br)cc1. The number of benzene rings is 1. The fraction of sp³-hybridized carbons (Fsp3) is 0.0909. The predicted molar refractivity (Wildman–Crippen MR) is 66.3 cm³/mol. The lowest BCUT2D eigenvalue weighted by molar-refractivity contribution is 1.23. The highest BCUT2D eigenvalue weighted by Gasteiger charge is 2.02. The summed E-state index contributed by atoms with van der Waals surface area (Å²) in [5, 5.41) is 2.88. The Kier molecular flexibility index (Phi) is 3.26. The molecule has 0 bridgehead atoms. The average Bonchev–Trinajstić information content (AvgIpc) is 2.56. The van der Waals surface area contributed by atoms with E-state index in [2.05, 4.69) is 39.5 Å². The van der Waals surface area contributed by atoms with Gasteiger partial charge in [0.05, 0.1) is 0 Å². The van der Waals surface area contributed by atoms with Gasteiger partial charge in [0, 0.05) is 20.8 Å². The van der Waals surface area contributed by atoms with Gasteiger partial charge in [0.2, 0.25) is 0 Å². The molecule has 0 amide bonds. The Bertz CT molecular complexity index is 419. The van der Waals surface area contributed by atoms with E-state index in [9.17, 15) is 0 Å². The summed E-state index contributed by atoms with van der Waals surface area (Å²) in [6.07, 6.45) is 0.968. The Labute approximate surface area is 101 Å². The second-order valence-corrected chi connectivity index (χ2v) is 5.29. The van der Waals surface area contributed by atoms with Crippen LogP contribution in [0, 0.1) is 0 Å². The summed E-state index contributed by atoms with van der Waals surface area (Å²) in [4.78, 5) is 1.35. The van der Waals surface area contributed by atoms with Gasteiger partial charge in [0.25, 0.3) is 0 Å². The van der Waals surface area contributed by atoms with Crippen molar-refractivity contribution in [1.82, 2.24) is 0 Å². The lowest BCUT2D eigenvalue weighted by Gasteiger charge is -1.99. The third kappa shape index (κ3) is 2.38. The van der Waals surface area contributed by atoms with Gasteiger partial charge in [0.15, 0.2) is 0 Å². The molecule has 0 spiro atoms. The highest BCUT2D eigenvalue weighted by atomic mass is 79.9. The van der Waals surface area contributed by atoms with Gasteiger partial charge < -0.3 is 0 Å². The Balaban J connectivity index is 2.19. The van der Waals surface area contributed by atoms with Crippen LogP contribution in [-0.4, -0.2) is 0 Å². The molecule has 0 saturated heterocycles. The summed E-state index contributed by atoms with van der Waals surface area (Å²) in [6.45, 7) is 0. The van der Waals surface area contributed by atoms with Crippen LogP contribution in [0.15, 0.2) is 40.2 Å². The third-order valence-corrected chi connectivity index (χ3v) is 4.15. The maximum absolute atomic E-state index is 5.82. The number of thiophene rings is 1. The first-order chi connectivity index (χ1) is 6.75. The van der Waals surface area contributed by atoms with Crippen LogP contribution >= 0.6 is 38.9 Å². The lowest BCUT2D eigenvalue weighted by Crippen LogP contribution is -1.84. The van der Waals surface area contributed by atoms with E-state index < -0.39 is 0 Å². The normalized spacial score (nSPS) is 10.4. The van der Waals surface area contributed by atoms with Gasteiger partial charge >= 0.3 is 0 Å². The number of halogens is 2. The zero-order valence-corrected chi connectivity index (χ0v) is 10.5. The molecule has 0 fully saturated rings. The molecule has 0 radical (unpaired) electrons. The summed E-state index contributed by atoms with van der Waals surface area (Å²) < 4.78 is 1.19. The van der Waals surface area contributed by atoms with E-state index in [1.54, 1.807) is 11.3 Å². The van der Waals surface area contributed by atoms with Gasteiger partial charge in [-0.2, -0.15) is 0 Å². The molecular formula is C11H8BrClS. The quantitative estimate of drug-likeness (QED) is 0.747. The van der Waals surface area contributed by atoms with Gasteiger partial charge in [-0.15, -0.1) is 11.3 Å². The van der Waals surface area contributed by atoms with Gasteiger partial charge in [-0.05, 0) is 45.1 Å². The highest BCUT2D eigenvalue weighted by Crippen LogP contribution is 2.25. The van der Waals surface area contributed by atoms with Gasteiger partial charge in [-0.1, -0.05) is 23.7 Å². The predicted octanol–water partition coefficient (Wildman–Crippen LogP) is 4.75. The molecule has 0 aliphatic rings. The average molecular weight is 288 g/mol. The van der Waals surface area contributed by atoms with Crippen LogP contribution in [0.5, 0.6) is 0 Å². The fourth-order valence-electron chi connectivity index (χ4n) is 1.24. The summed E-state index contributed by atoms with van der Waals surface area (Å²) in [7, 11) is 0. The van der Waals surface area contributed by atoms with E-state index in [-0.39, 0.29) is 0 Å². The molecule has 0 nitrogen and oxygen atoms in total.